The Kier molecular flexibility index (Phi) is 8.70. The van der Waals surface area contributed by atoms with E-state index in [4.69, 9.17) is 0 Å². The summed E-state index contributed by atoms with van der Waals surface area (Å²) >= 11 is 0. The zero-order valence-corrected chi connectivity index (χ0v) is 28.8. The molecule has 9 aliphatic rings. The molecular weight excluding hydrogens is 567 g/mol. The van der Waals surface area contributed by atoms with Gasteiger partial charge in [0.05, 0.1) is 0 Å². The second kappa shape index (κ2) is 13.4. The molecule has 0 aromatic heterocycles. The summed E-state index contributed by atoms with van der Waals surface area (Å²) in [6.07, 6.45) is 57.3. The Morgan fingerprint density at radius 2 is 1.23 bits per heavy atom. The molecule has 0 spiro atoms. The van der Waals surface area contributed by atoms with E-state index in [0.717, 1.165) is 65.7 Å². The van der Waals surface area contributed by atoms with Crippen molar-refractivity contribution in [3.8, 4) is 0 Å². The minimum Gasteiger partial charge on any atom is -0.390 e. The first-order chi connectivity index (χ1) is 23.3. The van der Waals surface area contributed by atoms with Crippen LogP contribution in [0, 0.1) is 76.9 Å². The number of hydrogen-bond acceptors (Lipinski definition) is 1. The van der Waals surface area contributed by atoms with Crippen LogP contribution in [0.1, 0.15) is 89.9 Å². The molecule has 1 heteroatoms. The molecule has 1 nitrogen and oxygen atoms in total. The van der Waals surface area contributed by atoms with Crippen LogP contribution in [0.5, 0.6) is 0 Å². The van der Waals surface area contributed by atoms with Crippen LogP contribution in [-0.4, -0.2) is 6.54 Å². The van der Waals surface area contributed by atoms with Gasteiger partial charge in [-0.2, -0.15) is 0 Å². The minimum atomic E-state index is 0.546. The second-order valence-electron chi connectivity index (χ2n) is 17.2. The second-order valence-corrected chi connectivity index (χ2v) is 17.2. The Balaban J connectivity index is 0.838. The van der Waals surface area contributed by atoms with Gasteiger partial charge in [0.1, 0.15) is 0 Å². The van der Waals surface area contributed by atoms with Gasteiger partial charge in [0, 0.05) is 30.5 Å². The highest BCUT2D eigenvalue weighted by molar-refractivity contribution is 5.48. The number of hydrogen-bond donors (Lipinski definition) is 1. The Bertz CT molecular complexity index is 1430. The molecule has 11 unspecified atom stereocenters. The Labute approximate surface area is 285 Å². The van der Waals surface area contributed by atoms with Gasteiger partial charge < -0.3 is 5.32 Å². The molecule has 3 saturated carbocycles. The van der Waals surface area contributed by atoms with Gasteiger partial charge in [-0.1, -0.05) is 103 Å². The fourth-order valence-electron chi connectivity index (χ4n) is 12.8. The number of nitrogens with one attached hydrogen (secondary N) is 1. The fourth-order valence-corrected chi connectivity index (χ4v) is 12.8. The van der Waals surface area contributed by atoms with Crippen molar-refractivity contribution in [2.24, 2.45) is 76.9 Å². The monoisotopic (exact) mass is 625 g/mol. The van der Waals surface area contributed by atoms with E-state index >= 15 is 0 Å². The van der Waals surface area contributed by atoms with Gasteiger partial charge in [-0.25, -0.2) is 0 Å². The Hall–Kier alpha value is -2.54. The third-order valence-electron chi connectivity index (χ3n) is 15.1. The molecule has 0 amide bonds. The van der Waals surface area contributed by atoms with E-state index in [0.29, 0.717) is 17.8 Å². The molecule has 0 aromatic carbocycles. The van der Waals surface area contributed by atoms with Crippen molar-refractivity contribution < 1.29 is 0 Å². The molecule has 8 aliphatic carbocycles. The molecule has 0 saturated heterocycles. The van der Waals surface area contributed by atoms with Crippen molar-refractivity contribution >= 4 is 0 Å². The summed E-state index contributed by atoms with van der Waals surface area (Å²) in [5, 5.41) is 3.46. The van der Waals surface area contributed by atoms with Crippen LogP contribution < -0.4 is 5.32 Å². The molecule has 3 fully saturated rings. The zero-order valence-electron chi connectivity index (χ0n) is 28.8. The molecule has 0 radical (unpaired) electrons. The Morgan fingerprint density at radius 1 is 0.511 bits per heavy atom. The van der Waals surface area contributed by atoms with Crippen molar-refractivity contribution in [1.82, 2.24) is 5.32 Å². The third kappa shape index (κ3) is 5.91. The summed E-state index contributed by atoms with van der Waals surface area (Å²) in [5.41, 5.74) is 4.86. The first-order valence-electron chi connectivity index (χ1n) is 20.2. The topological polar surface area (TPSA) is 12.0 Å². The van der Waals surface area contributed by atoms with Crippen molar-refractivity contribution in [1.29, 1.82) is 0 Å². The molecule has 0 aromatic rings. The number of rotatable bonds is 5. The summed E-state index contributed by atoms with van der Waals surface area (Å²) in [5.74, 6) is 10.6. The van der Waals surface area contributed by atoms with Crippen molar-refractivity contribution in [3.63, 3.8) is 0 Å². The molecule has 1 aliphatic heterocycles. The molecule has 11 atom stereocenters. The molecule has 0 bridgehead atoms. The summed E-state index contributed by atoms with van der Waals surface area (Å²) in [7, 11) is 0. The van der Waals surface area contributed by atoms with Gasteiger partial charge in [0.15, 0.2) is 0 Å². The highest BCUT2D eigenvalue weighted by Gasteiger charge is 2.46. The lowest BCUT2D eigenvalue weighted by atomic mass is 9.53. The molecule has 248 valence electrons. The predicted molar refractivity (Wildman–Crippen MR) is 197 cm³/mol. The van der Waals surface area contributed by atoms with Crippen molar-refractivity contribution in [2.45, 2.75) is 89.9 Å². The van der Waals surface area contributed by atoms with Crippen LogP contribution in [0.3, 0.4) is 0 Å². The SMILES string of the molecule is C1=CC2C=CC(C3C=CC(C4CCC(C5CCC(C6=CC=C(C7=CNCC7)C7C=CC=CC67)CC5)C5CCCCC45)CC3)CC2C=C1. The van der Waals surface area contributed by atoms with E-state index < -0.39 is 0 Å². The molecule has 1 heterocycles. The molecular formula is C46H59N. The maximum absolute atomic E-state index is 3.46. The fraction of sp³-hybridized carbons (Fsp3) is 0.609. The van der Waals surface area contributed by atoms with Crippen LogP contribution in [-0.2, 0) is 0 Å². The van der Waals surface area contributed by atoms with E-state index in [9.17, 15) is 0 Å². The van der Waals surface area contributed by atoms with Crippen LogP contribution in [0.4, 0.5) is 0 Å². The third-order valence-corrected chi connectivity index (χ3v) is 15.1. The standard InChI is InChI=1S/C46H59N/c1-2-8-36-29-37(22-15-31(36)7-1)32-13-16-33(17-14-32)39-23-24-40(44-10-4-3-9-43(39)44)34-18-20-35(21-19-34)41-25-26-42(38-27-28-47-30-38)46-12-6-5-11-45(41)46/h1-2,5-8,11-13,15-16,22,25-26,30-37,39-40,43-47H,3-4,9-10,14,17-21,23-24,27-29H2. The minimum absolute atomic E-state index is 0.546. The van der Waals surface area contributed by atoms with Gasteiger partial charge >= 0.3 is 0 Å². The lowest BCUT2D eigenvalue weighted by Gasteiger charge is -2.52. The summed E-state index contributed by atoms with van der Waals surface area (Å²) in [4.78, 5) is 0. The van der Waals surface area contributed by atoms with Gasteiger partial charge in [-0.3, -0.25) is 0 Å². The average Bonchev–Trinajstić information content (AvgIpc) is 3.69. The van der Waals surface area contributed by atoms with E-state index in [1.807, 2.05) is 0 Å². The highest BCUT2D eigenvalue weighted by Crippen LogP contribution is 2.56. The smallest absolute Gasteiger partial charge is 0.0182 e. The van der Waals surface area contributed by atoms with E-state index in [1.54, 1.807) is 11.1 Å². The molecule has 9 rings (SSSR count). The maximum atomic E-state index is 3.46. The predicted octanol–water partition coefficient (Wildman–Crippen LogP) is 11.2. The first kappa shape index (κ1) is 30.5. The summed E-state index contributed by atoms with van der Waals surface area (Å²) in [6.45, 7) is 1.10. The van der Waals surface area contributed by atoms with E-state index in [1.165, 1.54) is 95.5 Å². The van der Waals surface area contributed by atoms with Gasteiger partial charge in [0.25, 0.3) is 0 Å². The number of allylic oxidation sites excluding steroid dienone is 16. The van der Waals surface area contributed by atoms with Gasteiger partial charge in [0.2, 0.25) is 0 Å². The maximum Gasteiger partial charge on any atom is 0.0182 e. The Morgan fingerprint density at radius 3 is 2.04 bits per heavy atom. The van der Waals surface area contributed by atoms with Crippen LogP contribution >= 0.6 is 0 Å². The zero-order chi connectivity index (χ0) is 31.2. The summed E-state index contributed by atoms with van der Waals surface area (Å²) < 4.78 is 0. The van der Waals surface area contributed by atoms with Crippen LogP contribution in [0.2, 0.25) is 0 Å². The van der Waals surface area contributed by atoms with Crippen molar-refractivity contribution in [3.05, 3.63) is 108 Å². The van der Waals surface area contributed by atoms with Gasteiger partial charge in [-0.05, 0) is 147 Å². The lowest BCUT2D eigenvalue weighted by Crippen LogP contribution is -2.43. The highest BCUT2D eigenvalue weighted by atomic mass is 14.9. The van der Waals surface area contributed by atoms with E-state index in [2.05, 4.69) is 96.6 Å². The van der Waals surface area contributed by atoms with Crippen LogP contribution in [0.15, 0.2) is 108 Å². The normalized spacial score (nSPS) is 45.3. The van der Waals surface area contributed by atoms with E-state index in [-0.39, 0.29) is 0 Å². The van der Waals surface area contributed by atoms with Gasteiger partial charge in [-0.15, -0.1) is 0 Å². The lowest BCUT2D eigenvalue weighted by molar-refractivity contribution is -0.00895. The van der Waals surface area contributed by atoms with Crippen LogP contribution in [0.25, 0.3) is 0 Å². The largest absolute Gasteiger partial charge is 0.390 e. The van der Waals surface area contributed by atoms with Crippen molar-refractivity contribution in [2.75, 3.05) is 6.54 Å². The summed E-state index contributed by atoms with van der Waals surface area (Å²) in [6, 6.07) is 0. The average molecular weight is 626 g/mol. The quantitative estimate of drug-likeness (QED) is 0.300. The molecule has 1 N–H and O–H groups in total. The first-order valence-corrected chi connectivity index (χ1v) is 20.2. The number of fused-ring (bicyclic) bond motifs is 3. The molecule has 47 heavy (non-hydrogen) atoms.